The van der Waals surface area contributed by atoms with Crippen LogP contribution in [0.15, 0.2) is 41.3 Å². The molecule has 2 N–H and O–H groups in total. The zero-order chi connectivity index (χ0) is 17.2. The van der Waals surface area contributed by atoms with E-state index in [1.165, 1.54) is 24.4 Å². The lowest BCUT2D eigenvalue weighted by atomic mass is 9.79. The summed E-state index contributed by atoms with van der Waals surface area (Å²) >= 11 is 0. The summed E-state index contributed by atoms with van der Waals surface area (Å²) in [5.74, 6) is -0.0916. The highest BCUT2D eigenvalue weighted by molar-refractivity contribution is 5.90. The average Bonchev–Trinajstić information content (AvgIpc) is 3.40. The van der Waals surface area contributed by atoms with Crippen molar-refractivity contribution >= 4 is 5.91 Å². The molecule has 1 aliphatic carbocycles. The molecule has 1 aromatic carbocycles. The van der Waals surface area contributed by atoms with E-state index >= 15 is 0 Å². The lowest BCUT2D eigenvalue weighted by molar-refractivity contribution is 0.0915. The molecule has 1 fully saturated rings. The maximum atomic E-state index is 13.1. The Kier molecular flexibility index (Phi) is 4.46. The van der Waals surface area contributed by atoms with Crippen LogP contribution in [0.1, 0.15) is 35.9 Å². The third kappa shape index (κ3) is 3.88. The van der Waals surface area contributed by atoms with E-state index in [0.29, 0.717) is 12.5 Å². The summed E-state index contributed by atoms with van der Waals surface area (Å²) in [5.41, 5.74) is 0.584. The van der Waals surface area contributed by atoms with Gasteiger partial charge in [-0.15, -0.1) is 0 Å². The molecule has 0 saturated heterocycles. The van der Waals surface area contributed by atoms with Gasteiger partial charge in [-0.2, -0.15) is 0 Å². The quantitative estimate of drug-likeness (QED) is 0.854. The maximum Gasteiger partial charge on any atom is 0.287 e. The lowest BCUT2D eigenvalue weighted by Crippen LogP contribution is -2.39. The lowest BCUT2D eigenvalue weighted by Gasteiger charge is -2.30. The zero-order valence-corrected chi connectivity index (χ0v) is 13.5. The first kappa shape index (κ1) is 16.4. The number of carbonyl (C=O) groups excluding carboxylic acids is 1. The van der Waals surface area contributed by atoms with Crippen molar-refractivity contribution in [1.29, 1.82) is 0 Å². The van der Waals surface area contributed by atoms with Gasteiger partial charge in [-0.25, -0.2) is 9.37 Å². The molecule has 1 saturated carbocycles. The molecule has 1 aliphatic rings. The first-order valence-corrected chi connectivity index (χ1v) is 8.04. The predicted octanol–water partition coefficient (Wildman–Crippen LogP) is 2.30. The Morgan fingerprint density at radius 2 is 2.04 bits per heavy atom. The van der Waals surface area contributed by atoms with Gasteiger partial charge in [0.15, 0.2) is 5.82 Å². The Balaban J connectivity index is 1.68. The van der Waals surface area contributed by atoms with Crippen molar-refractivity contribution in [2.75, 3.05) is 6.54 Å². The summed E-state index contributed by atoms with van der Waals surface area (Å²) in [5, 5.41) is 2.87. The smallest absolute Gasteiger partial charge is 0.287 e. The van der Waals surface area contributed by atoms with E-state index in [0.717, 1.165) is 24.8 Å². The number of H-pyrrole nitrogens is 1. The van der Waals surface area contributed by atoms with Crippen LogP contribution in [0.3, 0.4) is 0 Å². The van der Waals surface area contributed by atoms with Gasteiger partial charge < -0.3 is 10.3 Å². The highest BCUT2D eigenvalue weighted by Gasteiger charge is 2.41. The van der Waals surface area contributed by atoms with Crippen LogP contribution in [0.4, 0.5) is 4.39 Å². The molecule has 24 heavy (non-hydrogen) atoms. The van der Waals surface area contributed by atoms with Crippen molar-refractivity contribution in [3.05, 3.63) is 64.1 Å². The topological polar surface area (TPSA) is 74.8 Å². The summed E-state index contributed by atoms with van der Waals surface area (Å²) in [7, 11) is 0. The molecule has 1 amide bonds. The van der Waals surface area contributed by atoms with Crippen LogP contribution in [-0.4, -0.2) is 22.4 Å². The van der Waals surface area contributed by atoms with Gasteiger partial charge in [0.2, 0.25) is 0 Å². The van der Waals surface area contributed by atoms with Gasteiger partial charge in [-0.05, 0) is 48.3 Å². The Morgan fingerprint density at radius 3 is 2.67 bits per heavy atom. The number of halogens is 1. The zero-order valence-electron chi connectivity index (χ0n) is 13.5. The highest BCUT2D eigenvalue weighted by Crippen LogP contribution is 2.47. The second kappa shape index (κ2) is 6.55. The third-order valence-electron chi connectivity index (χ3n) is 4.62. The van der Waals surface area contributed by atoms with E-state index in [1.54, 1.807) is 12.1 Å². The third-order valence-corrected chi connectivity index (χ3v) is 4.62. The normalized spacial score (nSPS) is 16.4. The van der Waals surface area contributed by atoms with Gasteiger partial charge in [0, 0.05) is 18.8 Å². The number of hydrogen-bond acceptors (Lipinski definition) is 3. The van der Waals surface area contributed by atoms with Crippen LogP contribution in [0.2, 0.25) is 0 Å². The number of nitrogens with zero attached hydrogens (tertiary/aromatic N) is 1. The number of rotatable bonds is 6. The molecule has 0 spiro atoms. The fraction of sp³-hybridized carbons (Fsp3) is 0.389. The van der Waals surface area contributed by atoms with E-state index in [9.17, 15) is 14.0 Å². The molecule has 5 nitrogen and oxygen atoms in total. The van der Waals surface area contributed by atoms with E-state index in [-0.39, 0.29) is 22.6 Å². The molecule has 3 rings (SSSR count). The number of carbonyl (C=O) groups is 1. The largest absolute Gasteiger partial charge is 0.349 e. The van der Waals surface area contributed by atoms with Gasteiger partial charge in [0.25, 0.3) is 11.5 Å². The highest BCUT2D eigenvalue weighted by atomic mass is 19.1. The Hall–Kier alpha value is -2.50. The maximum absolute atomic E-state index is 13.1. The standard InChI is InChI=1S/C18H20FN3O2/c1-18(13-4-5-13,10-12-2-6-14(19)7-3-12)11-21-17(24)16-20-9-8-15(23)22-16/h2-3,6-9,13H,4-5,10-11H2,1H3,(H,21,24)(H,20,22,23). The van der Waals surface area contributed by atoms with Crippen molar-refractivity contribution in [2.45, 2.75) is 26.2 Å². The Bertz CT molecular complexity index is 783. The van der Waals surface area contributed by atoms with Gasteiger partial charge in [-0.1, -0.05) is 19.1 Å². The number of amides is 1. The first-order valence-electron chi connectivity index (χ1n) is 8.04. The average molecular weight is 329 g/mol. The summed E-state index contributed by atoms with van der Waals surface area (Å²) in [4.78, 5) is 29.8. The number of aromatic amines is 1. The summed E-state index contributed by atoms with van der Waals surface area (Å²) in [6, 6.07) is 7.75. The van der Waals surface area contributed by atoms with Gasteiger partial charge >= 0.3 is 0 Å². The Morgan fingerprint density at radius 1 is 1.33 bits per heavy atom. The van der Waals surface area contributed by atoms with E-state index < -0.39 is 5.91 Å². The van der Waals surface area contributed by atoms with Crippen LogP contribution in [-0.2, 0) is 6.42 Å². The minimum absolute atomic E-state index is 0.0161. The molecule has 1 aromatic heterocycles. The van der Waals surface area contributed by atoms with Crippen LogP contribution < -0.4 is 10.9 Å². The molecule has 1 atom stereocenters. The minimum atomic E-state index is -0.390. The van der Waals surface area contributed by atoms with Crippen molar-refractivity contribution in [3.63, 3.8) is 0 Å². The second-order valence-corrected chi connectivity index (χ2v) is 6.70. The number of aromatic nitrogens is 2. The van der Waals surface area contributed by atoms with Crippen LogP contribution in [0, 0.1) is 17.2 Å². The Labute approximate surface area is 139 Å². The van der Waals surface area contributed by atoms with E-state index in [1.807, 2.05) is 0 Å². The molecule has 1 heterocycles. The van der Waals surface area contributed by atoms with E-state index in [2.05, 4.69) is 22.2 Å². The van der Waals surface area contributed by atoms with Gasteiger partial charge in [0.05, 0.1) is 0 Å². The molecule has 0 bridgehead atoms. The molecule has 2 aromatic rings. The van der Waals surface area contributed by atoms with Crippen LogP contribution >= 0.6 is 0 Å². The summed E-state index contributed by atoms with van der Waals surface area (Å²) < 4.78 is 13.1. The molecule has 126 valence electrons. The number of hydrogen-bond donors (Lipinski definition) is 2. The molecule has 1 unspecified atom stereocenters. The fourth-order valence-electron chi connectivity index (χ4n) is 3.05. The second-order valence-electron chi connectivity index (χ2n) is 6.70. The van der Waals surface area contributed by atoms with Crippen molar-refractivity contribution in [2.24, 2.45) is 11.3 Å². The van der Waals surface area contributed by atoms with Gasteiger partial charge in [0.1, 0.15) is 5.82 Å². The van der Waals surface area contributed by atoms with Crippen molar-refractivity contribution < 1.29 is 9.18 Å². The first-order chi connectivity index (χ1) is 11.5. The van der Waals surface area contributed by atoms with Crippen molar-refractivity contribution in [3.8, 4) is 0 Å². The minimum Gasteiger partial charge on any atom is -0.349 e. The summed E-state index contributed by atoms with van der Waals surface area (Å²) in [6.45, 7) is 2.61. The predicted molar refractivity (Wildman–Crippen MR) is 88.1 cm³/mol. The number of nitrogens with one attached hydrogen (secondary N) is 2. The van der Waals surface area contributed by atoms with Crippen LogP contribution in [0.5, 0.6) is 0 Å². The fourth-order valence-corrected chi connectivity index (χ4v) is 3.05. The molecular formula is C18H20FN3O2. The van der Waals surface area contributed by atoms with Crippen LogP contribution in [0.25, 0.3) is 0 Å². The number of benzene rings is 1. The molecular weight excluding hydrogens is 309 g/mol. The molecule has 0 radical (unpaired) electrons. The molecule has 0 aliphatic heterocycles. The van der Waals surface area contributed by atoms with Gasteiger partial charge in [-0.3, -0.25) is 9.59 Å². The summed E-state index contributed by atoms with van der Waals surface area (Å²) in [6.07, 6.45) is 4.34. The van der Waals surface area contributed by atoms with E-state index in [4.69, 9.17) is 0 Å². The monoisotopic (exact) mass is 329 g/mol. The SMILES string of the molecule is CC(CNC(=O)c1nccc(=O)[nH]1)(Cc1ccc(F)cc1)C1CC1. The molecule has 6 heteroatoms. The van der Waals surface area contributed by atoms with Crippen molar-refractivity contribution in [1.82, 2.24) is 15.3 Å².